The third kappa shape index (κ3) is 3.25. The lowest BCUT2D eigenvalue weighted by Gasteiger charge is -2.42. The van der Waals surface area contributed by atoms with Gasteiger partial charge in [-0.05, 0) is 24.3 Å². The Hall–Kier alpha value is -2.24. The van der Waals surface area contributed by atoms with Gasteiger partial charge in [0.2, 0.25) is 11.8 Å². The van der Waals surface area contributed by atoms with Crippen molar-refractivity contribution < 1.29 is 14.3 Å². The number of nitrogens with zero attached hydrogens (tertiary/aromatic N) is 3. The second-order valence-corrected chi connectivity index (χ2v) is 6.13. The highest BCUT2D eigenvalue weighted by Crippen LogP contribution is 2.22. The van der Waals surface area contributed by atoms with E-state index in [9.17, 15) is 9.59 Å². The molecule has 2 aliphatic heterocycles. The van der Waals surface area contributed by atoms with E-state index in [2.05, 4.69) is 4.90 Å². The van der Waals surface area contributed by atoms with Crippen LogP contribution in [0.15, 0.2) is 24.3 Å². The number of carbonyl (C=O) groups excluding carboxylic acids is 2. The van der Waals surface area contributed by atoms with E-state index in [1.54, 1.807) is 18.9 Å². The molecule has 1 aromatic rings. The van der Waals surface area contributed by atoms with E-state index in [1.807, 2.05) is 29.2 Å². The van der Waals surface area contributed by atoms with E-state index in [0.717, 1.165) is 37.6 Å². The van der Waals surface area contributed by atoms with Crippen molar-refractivity contribution in [1.82, 2.24) is 9.80 Å². The zero-order chi connectivity index (χ0) is 16.4. The van der Waals surface area contributed by atoms with Crippen molar-refractivity contribution in [3.63, 3.8) is 0 Å². The van der Waals surface area contributed by atoms with Crippen LogP contribution in [0.2, 0.25) is 0 Å². The third-order valence-electron chi connectivity index (χ3n) is 4.71. The molecule has 3 rings (SSSR count). The van der Waals surface area contributed by atoms with Gasteiger partial charge in [0, 0.05) is 51.9 Å². The largest absolute Gasteiger partial charge is 0.497 e. The van der Waals surface area contributed by atoms with Crippen LogP contribution >= 0.6 is 0 Å². The van der Waals surface area contributed by atoms with Gasteiger partial charge < -0.3 is 19.4 Å². The molecule has 0 saturated carbocycles. The molecule has 0 atom stereocenters. The van der Waals surface area contributed by atoms with Gasteiger partial charge in [-0.15, -0.1) is 0 Å². The summed E-state index contributed by atoms with van der Waals surface area (Å²) in [5.41, 5.74) is 1.16. The number of piperazine rings is 1. The molecule has 0 aliphatic carbocycles. The molecule has 2 saturated heterocycles. The Balaban J connectivity index is 1.50. The number of amides is 2. The Labute approximate surface area is 136 Å². The van der Waals surface area contributed by atoms with Gasteiger partial charge in [-0.2, -0.15) is 0 Å². The quantitative estimate of drug-likeness (QED) is 0.828. The number of benzene rings is 1. The molecule has 2 aliphatic rings. The number of ether oxygens (including phenoxy) is 1. The molecule has 0 N–H and O–H groups in total. The van der Waals surface area contributed by atoms with Crippen LogP contribution in [0.25, 0.3) is 0 Å². The van der Waals surface area contributed by atoms with Crippen molar-refractivity contribution in [2.24, 2.45) is 5.92 Å². The van der Waals surface area contributed by atoms with E-state index >= 15 is 0 Å². The van der Waals surface area contributed by atoms with Crippen LogP contribution in [0, 0.1) is 5.92 Å². The van der Waals surface area contributed by atoms with Crippen LogP contribution in [0.4, 0.5) is 5.69 Å². The Bertz CT molecular complexity index is 573. The van der Waals surface area contributed by atoms with Crippen molar-refractivity contribution in [3.05, 3.63) is 24.3 Å². The molecule has 0 spiro atoms. The fourth-order valence-electron chi connectivity index (χ4n) is 3.13. The van der Waals surface area contributed by atoms with Crippen LogP contribution in [0.1, 0.15) is 6.92 Å². The summed E-state index contributed by atoms with van der Waals surface area (Å²) in [5.74, 6) is 1.09. The zero-order valence-electron chi connectivity index (χ0n) is 13.7. The summed E-state index contributed by atoms with van der Waals surface area (Å²) in [4.78, 5) is 29.6. The lowest BCUT2D eigenvalue weighted by molar-refractivity contribution is -0.147. The summed E-state index contributed by atoms with van der Waals surface area (Å²) < 4.78 is 5.18. The van der Waals surface area contributed by atoms with E-state index < -0.39 is 0 Å². The van der Waals surface area contributed by atoms with Gasteiger partial charge in [-0.3, -0.25) is 9.59 Å². The van der Waals surface area contributed by atoms with Gasteiger partial charge in [0.1, 0.15) is 5.75 Å². The van der Waals surface area contributed by atoms with Crippen molar-refractivity contribution in [2.45, 2.75) is 6.92 Å². The molecule has 1 aromatic carbocycles. The molecule has 6 heteroatoms. The Morgan fingerprint density at radius 3 is 2.13 bits per heavy atom. The molecule has 6 nitrogen and oxygen atoms in total. The SMILES string of the molecule is COc1ccc(N2CCN(C(=O)C3CN(C(C)=O)C3)CC2)cc1. The molecule has 2 amide bonds. The average Bonchev–Trinajstić information content (AvgIpc) is 2.53. The van der Waals surface area contributed by atoms with Crippen LogP contribution in [0.5, 0.6) is 5.75 Å². The summed E-state index contributed by atoms with van der Waals surface area (Å²) >= 11 is 0. The molecular weight excluding hydrogens is 294 g/mol. The van der Waals surface area contributed by atoms with Gasteiger partial charge in [0.05, 0.1) is 13.0 Å². The summed E-state index contributed by atoms with van der Waals surface area (Å²) in [6, 6.07) is 8.01. The number of hydrogen-bond donors (Lipinski definition) is 0. The second-order valence-electron chi connectivity index (χ2n) is 6.13. The predicted molar refractivity (Wildman–Crippen MR) is 87.5 cm³/mol. The number of rotatable bonds is 3. The topological polar surface area (TPSA) is 53.1 Å². The minimum atomic E-state index is -0.00793. The highest BCUT2D eigenvalue weighted by Gasteiger charge is 2.37. The van der Waals surface area contributed by atoms with Gasteiger partial charge in [-0.25, -0.2) is 0 Å². The molecular formula is C17H23N3O3. The van der Waals surface area contributed by atoms with Gasteiger partial charge >= 0.3 is 0 Å². The first-order chi connectivity index (χ1) is 11.1. The second kappa shape index (κ2) is 6.48. The number of hydrogen-bond acceptors (Lipinski definition) is 4. The third-order valence-corrected chi connectivity index (χ3v) is 4.71. The number of carbonyl (C=O) groups is 2. The van der Waals surface area contributed by atoms with Gasteiger partial charge in [0.25, 0.3) is 0 Å². The number of methoxy groups -OCH3 is 1. The Morgan fingerprint density at radius 1 is 1.00 bits per heavy atom. The lowest BCUT2D eigenvalue weighted by Crippen LogP contribution is -2.58. The van der Waals surface area contributed by atoms with E-state index in [0.29, 0.717) is 13.1 Å². The van der Waals surface area contributed by atoms with Gasteiger partial charge in [-0.1, -0.05) is 0 Å². The smallest absolute Gasteiger partial charge is 0.229 e. The predicted octanol–water partition coefficient (Wildman–Crippen LogP) is 0.822. The first-order valence-corrected chi connectivity index (χ1v) is 8.02. The normalized spacial score (nSPS) is 18.6. The molecule has 124 valence electrons. The van der Waals surface area contributed by atoms with Crippen molar-refractivity contribution >= 4 is 17.5 Å². The highest BCUT2D eigenvalue weighted by atomic mass is 16.5. The summed E-state index contributed by atoms with van der Waals surface area (Å²) in [6.07, 6.45) is 0. The first-order valence-electron chi connectivity index (χ1n) is 8.02. The average molecular weight is 317 g/mol. The summed E-state index contributed by atoms with van der Waals surface area (Å²) in [6.45, 7) is 5.85. The zero-order valence-corrected chi connectivity index (χ0v) is 13.7. The first kappa shape index (κ1) is 15.6. The summed E-state index contributed by atoms with van der Waals surface area (Å²) in [7, 11) is 1.66. The molecule has 2 fully saturated rings. The van der Waals surface area contributed by atoms with Gasteiger partial charge in [0.15, 0.2) is 0 Å². The van der Waals surface area contributed by atoms with Crippen molar-refractivity contribution in [1.29, 1.82) is 0 Å². The standard InChI is InChI=1S/C17H23N3O3/c1-13(21)20-11-14(12-20)17(22)19-9-7-18(8-10-19)15-3-5-16(23-2)6-4-15/h3-6,14H,7-12H2,1-2H3. The van der Waals surface area contributed by atoms with Crippen molar-refractivity contribution in [3.8, 4) is 5.75 Å². The molecule has 0 bridgehead atoms. The van der Waals surface area contributed by atoms with E-state index in [1.165, 1.54) is 0 Å². The molecule has 0 aromatic heterocycles. The summed E-state index contributed by atoms with van der Waals surface area (Å²) in [5, 5.41) is 0. The van der Waals surface area contributed by atoms with E-state index in [-0.39, 0.29) is 17.7 Å². The number of likely N-dealkylation sites (tertiary alicyclic amines) is 1. The Kier molecular flexibility index (Phi) is 4.41. The fourth-order valence-corrected chi connectivity index (χ4v) is 3.13. The maximum Gasteiger partial charge on any atom is 0.229 e. The fraction of sp³-hybridized carbons (Fsp3) is 0.529. The monoisotopic (exact) mass is 317 g/mol. The molecule has 2 heterocycles. The highest BCUT2D eigenvalue weighted by molar-refractivity contribution is 5.84. The van der Waals surface area contributed by atoms with E-state index in [4.69, 9.17) is 4.74 Å². The minimum absolute atomic E-state index is 0.00793. The molecule has 23 heavy (non-hydrogen) atoms. The molecule has 0 unspecified atom stereocenters. The molecule has 0 radical (unpaired) electrons. The van der Waals surface area contributed by atoms with Crippen LogP contribution in [-0.2, 0) is 9.59 Å². The number of anilines is 1. The van der Waals surface area contributed by atoms with Crippen LogP contribution < -0.4 is 9.64 Å². The van der Waals surface area contributed by atoms with Crippen LogP contribution in [-0.4, -0.2) is 68.0 Å². The van der Waals surface area contributed by atoms with Crippen molar-refractivity contribution in [2.75, 3.05) is 51.3 Å². The lowest BCUT2D eigenvalue weighted by atomic mass is 9.98. The maximum atomic E-state index is 12.4. The minimum Gasteiger partial charge on any atom is -0.497 e. The van der Waals surface area contributed by atoms with Crippen LogP contribution in [0.3, 0.4) is 0 Å². The Morgan fingerprint density at radius 2 is 1.61 bits per heavy atom. The maximum absolute atomic E-state index is 12.4.